The largest absolute Gasteiger partial charge is 0.370 e. The van der Waals surface area contributed by atoms with E-state index in [-0.39, 0.29) is 89.3 Å². The summed E-state index contributed by atoms with van der Waals surface area (Å²) in [6.45, 7) is 1.27. The minimum atomic E-state index is -1.71. The molecule has 1 saturated heterocycles. The smallest absolute Gasteiger partial charge is 0.243 e. The zero-order valence-electron chi connectivity index (χ0n) is 42.4. The predicted octanol–water partition coefficient (Wildman–Crippen LogP) is -4.09. The molecule has 21 N–H and O–H groups in total. The van der Waals surface area contributed by atoms with Crippen LogP contribution in [0, 0.1) is 0 Å². The summed E-state index contributed by atoms with van der Waals surface area (Å²) in [5, 5.41) is 21.6. The number of aromatic amines is 1. The van der Waals surface area contributed by atoms with Gasteiger partial charge in [0.1, 0.15) is 42.3 Å². The lowest BCUT2D eigenvalue weighted by Crippen LogP contribution is -2.60. The molecular formula is C49H71N17O10. The van der Waals surface area contributed by atoms with E-state index >= 15 is 0 Å². The van der Waals surface area contributed by atoms with E-state index in [9.17, 15) is 47.9 Å². The van der Waals surface area contributed by atoms with E-state index in [2.05, 4.69) is 57.5 Å². The second kappa shape index (κ2) is 30.4. The van der Waals surface area contributed by atoms with E-state index in [1.54, 1.807) is 42.6 Å². The topological polar surface area (TPSA) is 464 Å². The summed E-state index contributed by atoms with van der Waals surface area (Å²) in [5.74, 6) is -8.97. The van der Waals surface area contributed by atoms with Crippen LogP contribution in [0.3, 0.4) is 0 Å². The lowest BCUT2D eigenvalue weighted by Gasteiger charge is -2.28. The number of aromatic nitrogens is 1. The van der Waals surface area contributed by atoms with Gasteiger partial charge in [0, 0.05) is 62.9 Å². The fraction of sp³-hybridized carbons (Fsp3) is 0.469. The number of amides is 10. The Bertz CT molecular complexity index is 2580. The summed E-state index contributed by atoms with van der Waals surface area (Å²) < 4.78 is 0. The van der Waals surface area contributed by atoms with Gasteiger partial charge < -0.3 is 81.9 Å². The molecule has 7 atom stereocenters. The molecule has 2 heterocycles. The zero-order chi connectivity index (χ0) is 55.7. The number of para-hydroxylation sites is 1. The number of primary amides is 2. The third-order valence-electron chi connectivity index (χ3n) is 12.1. The first-order valence-corrected chi connectivity index (χ1v) is 24.8. The van der Waals surface area contributed by atoms with E-state index in [0.717, 1.165) is 10.9 Å². The summed E-state index contributed by atoms with van der Waals surface area (Å²) >= 11 is 0. The molecule has 3 unspecified atom stereocenters. The number of nitrogens with two attached hydrogens (primary N) is 6. The van der Waals surface area contributed by atoms with Gasteiger partial charge in [0.15, 0.2) is 11.9 Å². The lowest BCUT2D eigenvalue weighted by molar-refractivity contribution is -0.136. The Labute approximate surface area is 438 Å². The third kappa shape index (κ3) is 20.6. The average molecular weight is 1060 g/mol. The molecule has 1 aromatic heterocycles. The molecule has 1 aliphatic heterocycles. The number of nitrogens with zero attached hydrogens (tertiary/aromatic N) is 2. The van der Waals surface area contributed by atoms with Crippen LogP contribution in [0.25, 0.3) is 10.9 Å². The van der Waals surface area contributed by atoms with Crippen molar-refractivity contribution in [2.24, 2.45) is 44.4 Å². The van der Waals surface area contributed by atoms with Crippen LogP contribution in [0.4, 0.5) is 0 Å². The molecule has 0 spiro atoms. The molecule has 3 aromatic rings. The maximum atomic E-state index is 14.6. The van der Waals surface area contributed by atoms with Gasteiger partial charge in [0.2, 0.25) is 59.1 Å². The molecule has 1 aliphatic rings. The average Bonchev–Trinajstić information content (AvgIpc) is 3.77. The molecular weight excluding hydrogens is 987 g/mol. The summed E-state index contributed by atoms with van der Waals surface area (Å²) in [5.41, 5.74) is 35.2. The van der Waals surface area contributed by atoms with Crippen molar-refractivity contribution in [3.8, 4) is 0 Å². The number of hydrogen-bond acceptors (Lipinski definition) is 12. The summed E-state index contributed by atoms with van der Waals surface area (Å²) in [7, 11) is 0. The van der Waals surface area contributed by atoms with Crippen molar-refractivity contribution in [2.45, 2.75) is 126 Å². The van der Waals surface area contributed by atoms with Crippen molar-refractivity contribution >= 4 is 81.9 Å². The van der Waals surface area contributed by atoms with Crippen LogP contribution in [0.5, 0.6) is 0 Å². The molecule has 0 saturated carbocycles. The lowest BCUT2D eigenvalue weighted by atomic mass is 10.0. The molecule has 0 radical (unpaired) electrons. The van der Waals surface area contributed by atoms with Crippen LogP contribution in [0.15, 0.2) is 70.8 Å². The summed E-state index contributed by atoms with van der Waals surface area (Å²) in [6, 6.07) is 5.65. The first kappa shape index (κ1) is 59.8. The van der Waals surface area contributed by atoms with Crippen molar-refractivity contribution in [1.82, 2.24) is 47.5 Å². The number of rotatable bonds is 19. The van der Waals surface area contributed by atoms with Crippen LogP contribution in [0.1, 0.15) is 82.3 Å². The first-order chi connectivity index (χ1) is 36.2. The number of aliphatic imine (C=N–C) groups is 2. The van der Waals surface area contributed by atoms with Crippen LogP contribution in [-0.2, 0) is 60.8 Å². The molecule has 0 bridgehead atoms. The SMILES string of the molecule is CC(=O)N[C@@H](CCCN=C(N)N)C(=O)NC1CC(=O)NCCCCC(C(N)=O)NC(=O)[C@H](Cc2c[nH]c3ccccc23)NC(=O)[C@H](CCCN=C(N)N)NC(=O)C(Cc2ccccc2)NC(=O)[C@H](CCC(N)=O)NC1=O. The van der Waals surface area contributed by atoms with E-state index in [1.165, 1.54) is 6.92 Å². The molecule has 76 heavy (non-hydrogen) atoms. The Morgan fingerprint density at radius 1 is 0.671 bits per heavy atom. The van der Waals surface area contributed by atoms with Crippen molar-refractivity contribution in [2.75, 3.05) is 19.6 Å². The van der Waals surface area contributed by atoms with Gasteiger partial charge in [-0.05, 0) is 68.6 Å². The Kier molecular flexibility index (Phi) is 23.9. The molecule has 1 fully saturated rings. The van der Waals surface area contributed by atoms with Gasteiger partial charge in [-0.15, -0.1) is 0 Å². The second-order valence-corrected chi connectivity index (χ2v) is 18.2. The molecule has 2 aromatic carbocycles. The van der Waals surface area contributed by atoms with Crippen molar-refractivity contribution < 1.29 is 47.9 Å². The molecule has 0 aliphatic carbocycles. The minimum absolute atomic E-state index is 0.000494. The fourth-order valence-corrected chi connectivity index (χ4v) is 8.22. The minimum Gasteiger partial charge on any atom is -0.370 e. The number of nitrogens with one attached hydrogen (secondary N) is 9. The van der Waals surface area contributed by atoms with Crippen molar-refractivity contribution in [1.29, 1.82) is 0 Å². The molecule has 4 rings (SSSR count). The Hall–Kier alpha value is -8.78. The van der Waals surface area contributed by atoms with E-state index in [1.807, 2.05) is 18.2 Å². The number of carbonyl (C=O) groups is 10. The number of guanidine groups is 2. The van der Waals surface area contributed by atoms with Gasteiger partial charge in [0.25, 0.3) is 0 Å². The van der Waals surface area contributed by atoms with E-state index < -0.39 is 121 Å². The molecule has 27 nitrogen and oxygen atoms in total. The van der Waals surface area contributed by atoms with Crippen LogP contribution < -0.4 is 76.9 Å². The maximum Gasteiger partial charge on any atom is 0.243 e. The summed E-state index contributed by atoms with van der Waals surface area (Å²) in [4.78, 5) is 148. The predicted molar refractivity (Wildman–Crippen MR) is 280 cm³/mol. The Morgan fingerprint density at radius 3 is 1.89 bits per heavy atom. The Morgan fingerprint density at radius 2 is 1.25 bits per heavy atom. The normalized spacial score (nSPS) is 20.9. The highest BCUT2D eigenvalue weighted by molar-refractivity contribution is 5.99. The molecule has 27 heteroatoms. The highest BCUT2D eigenvalue weighted by Crippen LogP contribution is 2.20. The number of H-pyrrole nitrogens is 1. The fourth-order valence-electron chi connectivity index (χ4n) is 8.22. The number of carbonyl (C=O) groups excluding carboxylic acids is 10. The standard InChI is InChI=1S/C49H71N17O10/c1-27(67)60-33(16-9-21-57-48(52)53)42(71)66-38-25-40(69)56-20-8-7-15-32(41(51)70)61-46(75)37(24-29-26-59-31-14-6-5-13-30(29)31)65-43(72)34(17-10-22-58-49(54)55)62-45(74)36(23-28-11-3-2-4-12-28)64-44(73)35(63-47(38)76)18-19-39(50)68/h2-6,11-14,26,32-38,59H,7-10,15-25H2,1H3,(H2,50,68)(H2,51,70)(H,56,69)(H,60,67)(H,61,75)(H,62,74)(H,63,76)(H,64,73)(H,65,72)(H,66,71)(H4,52,53,57)(H4,54,55,58)/t32?,33-,34-,35-,36?,37-,38?/m0/s1. The molecule has 412 valence electrons. The quantitative estimate of drug-likeness (QED) is 0.0309. The second-order valence-electron chi connectivity index (χ2n) is 18.2. The van der Waals surface area contributed by atoms with Gasteiger partial charge in [-0.3, -0.25) is 57.9 Å². The van der Waals surface area contributed by atoms with Gasteiger partial charge in [-0.25, -0.2) is 0 Å². The maximum absolute atomic E-state index is 14.6. The third-order valence-corrected chi connectivity index (χ3v) is 12.1. The van der Waals surface area contributed by atoms with Gasteiger partial charge in [0.05, 0.1) is 6.42 Å². The Balaban J connectivity index is 1.79. The highest BCUT2D eigenvalue weighted by atomic mass is 16.2. The van der Waals surface area contributed by atoms with Crippen LogP contribution >= 0.6 is 0 Å². The number of hydrogen-bond donors (Lipinski definition) is 15. The van der Waals surface area contributed by atoms with E-state index in [0.29, 0.717) is 11.1 Å². The van der Waals surface area contributed by atoms with Crippen LogP contribution in [0.2, 0.25) is 0 Å². The van der Waals surface area contributed by atoms with Gasteiger partial charge in [-0.2, -0.15) is 0 Å². The van der Waals surface area contributed by atoms with Crippen LogP contribution in [-0.4, -0.2) is 138 Å². The van der Waals surface area contributed by atoms with Crippen molar-refractivity contribution in [3.63, 3.8) is 0 Å². The highest BCUT2D eigenvalue weighted by Gasteiger charge is 2.35. The zero-order valence-corrected chi connectivity index (χ0v) is 42.4. The first-order valence-electron chi connectivity index (χ1n) is 24.8. The van der Waals surface area contributed by atoms with Gasteiger partial charge in [-0.1, -0.05) is 48.5 Å². The summed E-state index contributed by atoms with van der Waals surface area (Å²) in [6.07, 6.45) is 0.523. The van der Waals surface area contributed by atoms with Gasteiger partial charge >= 0.3 is 0 Å². The van der Waals surface area contributed by atoms with E-state index in [4.69, 9.17) is 34.4 Å². The molecule has 10 amide bonds. The van der Waals surface area contributed by atoms with Crippen molar-refractivity contribution in [3.05, 3.63) is 71.9 Å². The number of benzene rings is 2. The number of fused-ring (bicyclic) bond motifs is 1. The monoisotopic (exact) mass is 1060 g/mol.